The standard InChI is InChI=1S/C2H4B3ClO4/c6-1-2-7-5-9-3-8-4-10-5/h1-2H2. The molecule has 0 aromatic carbocycles. The van der Waals surface area contributed by atoms with Crippen LogP contribution in [0.3, 0.4) is 0 Å². The monoisotopic (exact) mass is 160 g/mol. The van der Waals surface area contributed by atoms with Gasteiger partial charge in [-0.05, 0) is 0 Å². The van der Waals surface area contributed by atoms with Gasteiger partial charge < -0.3 is 18.4 Å². The van der Waals surface area contributed by atoms with E-state index in [1.165, 1.54) is 0 Å². The Morgan fingerprint density at radius 2 is 2.10 bits per heavy atom. The molecular formula is C2H4B3ClO4. The maximum Gasteiger partial charge on any atom is 0.611 e. The lowest BCUT2D eigenvalue weighted by atomic mass is 10.1. The zero-order chi connectivity index (χ0) is 7.23. The van der Waals surface area contributed by atoms with E-state index in [9.17, 15) is 0 Å². The van der Waals surface area contributed by atoms with Crippen LogP contribution in [-0.4, -0.2) is 35.2 Å². The van der Waals surface area contributed by atoms with Gasteiger partial charge in [0.2, 0.25) is 0 Å². The summed E-state index contributed by atoms with van der Waals surface area (Å²) in [6.45, 7) is 0.383. The minimum Gasteiger partial charge on any atom is -0.457 e. The Morgan fingerprint density at radius 1 is 1.40 bits per heavy atom. The molecule has 0 N–H and O–H groups in total. The van der Waals surface area contributed by atoms with Crippen LogP contribution in [0.5, 0.6) is 0 Å². The molecule has 0 amide bonds. The molecule has 1 rings (SSSR count). The van der Waals surface area contributed by atoms with Gasteiger partial charge in [0.05, 0.1) is 0 Å². The third-order valence-corrected chi connectivity index (χ3v) is 0.930. The van der Waals surface area contributed by atoms with Crippen LogP contribution in [-0.2, 0) is 18.4 Å². The van der Waals surface area contributed by atoms with Gasteiger partial charge in [0.25, 0.3) is 0 Å². The second-order valence-corrected chi connectivity index (χ2v) is 1.83. The maximum atomic E-state index is 5.33. The van der Waals surface area contributed by atoms with Crippen molar-refractivity contribution in [1.29, 1.82) is 0 Å². The highest BCUT2D eigenvalue weighted by molar-refractivity contribution is 6.57. The third-order valence-electron chi connectivity index (χ3n) is 0.776. The van der Waals surface area contributed by atoms with Crippen molar-refractivity contribution in [3.8, 4) is 0 Å². The Labute approximate surface area is 65.9 Å². The largest absolute Gasteiger partial charge is 0.611 e. The maximum absolute atomic E-state index is 5.33. The SMILES string of the molecule is ClCCOB1O[B]O[B]O1. The first-order chi connectivity index (χ1) is 4.93. The summed E-state index contributed by atoms with van der Waals surface area (Å²) < 4.78 is 18.8. The molecule has 0 bridgehead atoms. The summed E-state index contributed by atoms with van der Waals surface area (Å²) in [5.74, 6) is 0.407. The first kappa shape index (κ1) is 8.42. The van der Waals surface area contributed by atoms with Crippen molar-refractivity contribution in [1.82, 2.24) is 0 Å². The average Bonchev–Trinajstić information content (AvgIpc) is 2.03. The third kappa shape index (κ3) is 2.94. The fraction of sp³-hybridized carbons (Fsp3) is 1.00. The molecule has 0 spiro atoms. The molecule has 4 nitrogen and oxygen atoms in total. The van der Waals surface area contributed by atoms with Crippen LogP contribution in [0.4, 0.5) is 0 Å². The van der Waals surface area contributed by atoms with E-state index >= 15 is 0 Å². The summed E-state index contributed by atoms with van der Waals surface area (Å²) in [7, 11) is 1.54. The molecule has 0 aromatic heterocycles. The van der Waals surface area contributed by atoms with E-state index < -0.39 is 7.32 Å². The lowest BCUT2D eigenvalue weighted by Crippen LogP contribution is -2.38. The lowest BCUT2D eigenvalue weighted by Gasteiger charge is -2.16. The molecule has 1 saturated heterocycles. The Hall–Kier alpha value is 0.325. The molecule has 10 heavy (non-hydrogen) atoms. The zero-order valence-corrected chi connectivity index (χ0v) is 5.91. The van der Waals surface area contributed by atoms with Gasteiger partial charge in [0, 0.05) is 12.5 Å². The van der Waals surface area contributed by atoms with E-state index in [1.807, 2.05) is 0 Å². The molecule has 0 saturated carbocycles. The van der Waals surface area contributed by atoms with Crippen molar-refractivity contribution in [2.75, 3.05) is 12.5 Å². The summed E-state index contributed by atoms with van der Waals surface area (Å²) in [6.07, 6.45) is 0. The average molecular weight is 160 g/mol. The highest BCUT2D eigenvalue weighted by atomic mass is 35.5. The minimum atomic E-state index is -0.715. The summed E-state index contributed by atoms with van der Waals surface area (Å²) in [5.41, 5.74) is 0. The Bertz CT molecular complexity index is 88.6. The van der Waals surface area contributed by atoms with Gasteiger partial charge in [-0.25, -0.2) is 0 Å². The first-order valence-electron chi connectivity index (χ1n) is 2.71. The number of hydrogen-bond acceptors (Lipinski definition) is 4. The van der Waals surface area contributed by atoms with Gasteiger partial charge in [0.15, 0.2) is 0 Å². The van der Waals surface area contributed by atoms with E-state index in [0.717, 1.165) is 15.4 Å². The molecule has 1 aliphatic heterocycles. The van der Waals surface area contributed by atoms with Crippen LogP contribution in [0, 0.1) is 0 Å². The fourth-order valence-electron chi connectivity index (χ4n) is 0.429. The van der Waals surface area contributed by atoms with Gasteiger partial charge in [-0.1, -0.05) is 0 Å². The number of rotatable bonds is 3. The minimum absolute atomic E-state index is 0.383. The summed E-state index contributed by atoms with van der Waals surface area (Å²) in [6, 6.07) is 0. The van der Waals surface area contributed by atoms with E-state index in [1.54, 1.807) is 0 Å². The smallest absolute Gasteiger partial charge is 0.457 e. The van der Waals surface area contributed by atoms with Gasteiger partial charge >= 0.3 is 22.7 Å². The van der Waals surface area contributed by atoms with Crippen LogP contribution in [0.25, 0.3) is 0 Å². The summed E-state index contributed by atoms with van der Waals surface area (Å²) >= 11 is 5.33. The Balaban J connectivity index is 2.02. The molecule has 52 valence electrons. The van der Waals surface area contributed by atoms with Gasteiger partial charge in [-0.2, -0.15) is 0 Å². The topological polar surface area (TPSA) is 36.9 Å². The molecular weight excluding hydrogens is 156 g/mol. The van der Waals surface area contributed by atoms with Crippen molar-refractivity contribution >= 4 is 34.3 Å². The molecule has 0 aliphatic carbocycles. The lowest BCUT2D eigenvalue weighted by molar-refractivity contribution is 0.183. The van der Waals surface area contributed by atoms with Crippen molar-refractivity contribution in [3.05, 3.63) is 0 Å². The van der Waals surface area contributed by atoms with Crippen molar-refractivity contribution in [3.63, 3.8) is 0 Å². The zero-order valence-electron chi connectivity index (χ0n) is 5.16. The van der Waals surface area contributed by atoms with Crippen LogP contribution in [0.15, 0.2) is 0 Å². The van der Waals surface area contributed by atoms with E-state index in [-0.39, 0.29) is 0 Å². The van der Waals surface area contributed by atoms with Gasteiger partial charge in [-0.3, -0.25) is 0 Å². The van der Waals surface area contributed by atoms with E-state index in [0.29, 0.717) is 12.5 Å². The molecule has 1 aliphatic rings. The van der Waals surface area contributed by atoms with Crippen LogP contribution in [0.1, 0.15) is 0 Å². The molecule has 1 fully saturated rings. The number of halogens is 1. The van der Waals surface area contributed by atoms with Crippen molar-refractivity contribution in [2.45, 2.75) is 0 Å². The Morgan fingerprint density at radius 3 is 2.70 bits per heavy atom. The van der Waals surface area contributed by atoms with Gasteiger partial charge in [-0.15, -0.1) is 11.6 Å². The molecule has 1 heterocycles. The second kappa shape index (κ2) is 5.04. The highest BCUT2D eigenvalue weighted by Crippen LogP contribution is 1.96. The highest BCUT2D eigenvalue weighted by Gasteiger charge is 2.26. The number of hydrogen-bond donors (Lipinski definition) is 0. The van der Waals surface area contributed by atoms with Gasteiger partial charge in [0.1, 0.15) is 0 Å². The predicted molar refractivity (Wildman–Crippen MR) is 37.2 cm³/mol. The molecule has 0 atom stereocenters. The quantitative estimate of drug-likeness (QED) is 0.406. The molecule has 0 unspecified atom stereocenters. The predicted octanol–water partition coefficient (Wildman–Crippen LogP) is -0.642. The van der Waals surface area contributed by atoms with Crippen molar-refractivity contribution in [2.24, 2.45) is 0 Å². The van der Waals surface area contributed by atoms with E-state index in [4.69, 9.17) is 25.4 Å². The summed E-state index contributed by atoms with van der Waals surface area (Å²) in [4.78, 5) is 0. The molecule has 8 heteroatoms. The van der Waals surface area contributed by atoms with Crippen LogP contribution < -0.4 is 0 Å². The number of alkyl halides is 1. The summed E-state index contributed by atoms with van der Waals surface area (Å²) in [5, 5.41) is 0. The normalized spacial score (nSPS) is 17.9. The van der Waals surface area contributed by atoms with Crippen LogP contribution in [0.2, 0.25) is 0 Å². The molecule has 2 radical (unpaired) electrons. The fourth-order valence-corrected chi connectivity index (χ4v) is 0.518. The molecule has 0 aromatic rings. The Kier molecular flexibility index (Phi) is 4.24. The first-order valence-corrected chi connectivity index (χ1v) is 3.24. The van der Waals surface area contributed by atoms with Crippen molar-refractivity contribution < 1.29 is 18.4 Å². The second-order valence-electron chi connectivity index (χ2n) is 1.45. The van der Waals surface area contributed by atoms with E-state index in [2.05, 4.69) is 4.57 Å². The van der Waals surface area contributed by atoms with Crippen LogP contribution >= 0.6 is 11.6 Å².